The van der Waals surface area contributed by atoms with Gasteiger partial charge in [0.05, 0.1) is 17.7 Å². The molecular formula is C12H9ClF3N3O2. The Labute approximate surface area is 121 Å². The van der Waals surface area contributed by atoms with E-state index in [0.29, 0.717) is 12.8 Å². The monoisotopic (exact) mass is 319 g/mol. The highest BCUT2D eigenvalue weighted by atomic mass is 35.5. The van der Waals surface area contributed by atoms with Crippen LogP contribution in [0.15, 0.2) is 12.3 Å². The van der Waals surface area contributed by atoms with Crippen molar-refractivity contribution in [3.05, 3.63) is 28.7 Å². The average Bonchev–Trinajstić information content (AvgIpc) is 3.10. The lowest BCUT2D eigenvalue weighted by Gasteiger charge is -2.12. The van der Waals surface area contributed by atoms with Crippen molar-refractivity contribution in [3.63, 3.8) is 0 Å². The van der Waals surface area contributed by atoms with Gasteiger partial charge in [-0.3, -0.25) is 9.20 Å². The zero-order chi connectivity index (χ0) is 15.4. The number of pyridine rings is 1. The van der Waals surface area contributed by atoms with Gasteiger partial charge in [-0.05, 0) is 18.9 Å². The number of ether oxygens (including phenoxy) is 1. The second kappa shape index (κ2) is 4.33. The molecule has 1 aliphatic carbocycles. The molecule has 1 aliphatic rings. The van der Waals surface area contributed by atoms with Crippen LogP contribution in [-0.2, 0) is 21.1 Å². The quantitative estimate of drug-likeness (QED) is 0.798. The lowest BCUT2D eigenvalue weighted by Crippen LogP contribution is -2.24. The van der Waals surface area contributed by atoms with E-state index < -0.39 is 23.1 Å². The van der Waals surface area contributed by atoms with Crippen molar-refractivity contribution in [2.24, 2.45) is 0 Å². The van der Waals surface area contributed by atoms with Gasteiger partial charge in [-0.15, -0.1) is 10.2 Å². The maximum Gasteiger partial charge on any atom is 0.417 e. The van der Waals surface area contributed by atoms with Crippen LogP contribution in [0.4, 0.5) is 13.2 Å². The van der Waals surface area contributed by atoms with E-state index in [1.165, 1.54) is 7.11 Å². The summed E-state index contributed by atoms with van der Waals surface area (Å²) >= 11 is 5.83. The number of carbonyl (C=O) groups excluding carboxylic acids is 1. The van der Waals surface area contributed by atoms with Crippen molar-refractivity contribution in [1.82, 2.24) is 14.6 Å². The third kappa shape index (κ3) is 2.05. The summed E-state index contributed by atoms with van der Waals surface area (Å²) < 4.78 is 44.4. The number of aromatic nitrogens is 3. The molecular weight excluding hydrogens is 311 g/mol. The minimum absolute atomic E-state index is 0.0786. The molecule has 0 amide bonds. The van der Waals surface area contributed by atoms with Crippen molar-refractivity contribution in [1.29, 1.82) is 0 Å². The van der Waals surface area contributed by atoms with Crippen molar-refractivity contribution >= 4 is 23.2 Å². The first-order chi connectivity index (χ1) is 9.79. The third-order valence-electron chi connectivity index (χ3n) is 3.54. The molecule has 0 bridgehead atoms. The fourth-order valence-electron chi connectivity index (χ4n) is 2.27. The van der Waals surface area contributed by atoms with Crippen molar-refractivity contribution < 1.29 is 22.7 Å². The summed E-state index contributed by atoms with van der Waals surface area (Å²) in [5, 5.41) is 7.44. The molecule has 2 heterocycles. The Kier molecular flexibility index (Phi) is 2.91. The van der Waals surface area contributed by atoms with Gasteiger partial charge < -0.3 is 4.74 Å². The van der Waals surface area contributed by atoms with Crippen LogP contribution in [0.2, 0.25) is 5.02 Å². The Bertz CT molecular complexity index is 737. The van der Waals surface area contributed by atoms with Crippen LogP contribution in [0.25, 0.3) is 5.65 Å². The summed E-state index contributed by atoms with van der Waals surface area (Å²) in [6.07, 6.45) is -2.80. The minimum atomic E-state index is -4.55. The molecule has 1 fully saturated rings. The standard InChI is InChI=1S/C12H9ClF3N3O2/c1-21-10(20)11(2-3-11)9-18-17-8-7(13)4-6(5-19(8)9)12(14,15)16/h4-5H,2-3H2,1H3. The van der Waals surface area contributed by atoms with Crippen LogP contribution in [0.1, 0.15) is 24.2 Å². The Morgan fingerprint density at radius 2 is 2.10 bits per heavy atom. The highest BCUT2D eigenvalue weighted by molar-refractivity contribution is 6.33. The maximum absolute atomic E-state index is 12.9. The van der Waals surface area contributed by atoms with E-state index in [1.807, 2.05) is 0 Å². The van der Waals surface area contributed by atoms with E-state index >= 15 is 0 Å². The van der Waals surface area contributed by atoms with Gasteiger partial charge in [0.25, 0.3) is 0 Å². The number of nitrogens with zero attached hydrogens (tertiary/aromatic N) is 3. The number of carbonyl (C=O) groups is 1. The topological polar surface area (TPSA) is 56.5 Å². The number of alkyl halides is 3. The largest absolute Gasteiger partial charge is 0.468 e. The third-order valence-corrected chi connectivity index (χ3v) is 3.82. The van der Waals surface area contributed by atoms with E-state index in [-0.39, 0.29) is 16.5 Å². The van der Waals surface area contributed by atoms with E-state index in [0.717, 1.165) is 16.7 Å². The normalized spacial score (nSPS) is 17.0. The summed E-state index contributed by atoms with van der Waals surface area (Å²) in [6.45, 7) is 0. The predicted octanol–water partition coefficient (Wildman–Crippen LogP) is 2.61. The highest BCUT2D eigenvalue weighted by Gasteiger charge is 2.56. The maximum atomic E-state index is 12.9. The summed E-state index contributed by atoms with van der Waals surface area (Å²) in [6, 6.07) is 0.785. The second-order valence-corrected chi connectivity index (χ2v) is 5.27. The van der Waals surface area contributed by atoms with E-state index in [9.17, 15) is 18.0 Å². The van der Waals surface area contributed by atoms with Gasteiger partial charge in [-0.2, -0.15) is 13.2 Å². The van der Waals surface area contributed by atoms with E-state index in [1.54, 1.807) is 0 Å². The van der Waals surface area contributed by atoms with Crippen LogP contribution in [0.3, 0.4) is 0 Å². The number of methoxy groups -OCH3 is 1. The molecule has 0 aromatic carbocycles. The molecule has 0 atom stereocenters. The summed E-state index contributed by atoms with van der Waals surface area (Å²) in [7, 11) is 1.22. The Morgan fingerprint density at radius 3 is 2.62 bits per heavy atom. The summed E-state index contributed by atoms with van der Waals surface area (Å²) in [4.78, 5) is 11.8. The van der Waals surface area contributed by atoms with Gasteiger partial charge in [0.1, 0.15) is 5.41 Å². The molecule has 112 valence electrons. The van der Waals surface area contributed by atoms with Gasteiger partial charge in [-0.25, -0.2) is 0 Å². The van der Waals surface area contributed by atoms with Gasteiger partial charge in [0.2, 0.25) is 0 Å². The second-order valence-electron chi connectivity index (χ2n) is 4.87. The Morgan fingerprint density at radius 1 is 1.43 bits per heavy atom. The van der Waals surface area contributed by atoms with Crippen LogP contribution in [0.5, 0.6) is 0 Å². The number of esters is 1. The lowest BCUT2D eigenvalue weighted by molar-refractivity contribution is -0.143. The first-order valence-corrected chi connectivity index (χ1v) is 6.38. The smallest absolute Gasteiger partial charge is 0.417 e. The Hall–Kier alpha value is -1.83. The lowest BCUT2D eigenvalue weighted by atomic mass is 10.1. The molecule has 3 rings (SSSR count). The molecule has 21 heavy (non-hydrogen) atoms. The van der Waals surface area contributed by atoms with Crippen LogP contribution in [0, 0.1) is 0 Å². The highest BCUT2D eigenvalue weighted by Crippen LogP contribution is 2.48. The van der Waals surface area contributed by atoms with Crippen LogP contribution >= 0.6 is 11.6 Å². The van der Waals surface area contributed by atoms with Crippen LogP contribution in [-0.4, -0.2) is 27.7 Å². The van der Waals surface area contributed by atoms with Gasteiger partial charge >= 0.3 is 12.1 Å². The molecule has 0 spiro atoms. The molecule has 0 N–H and O–H groups in total. The van der Waals surface area contributed by atoms with Crippen molar-refractivity contribution in [2.75, 3.05) is 7.11 Å². The predicted molar refractivity (Wildman–Crippen MR) is 65.9 cm³/mol. The van der Waals surface area contributed by atoms with E-state index in [2.05, 4.69) is 10.2 Å². The minimum Gasteiger partial charge on any atom is -0.468 e. The SMILES string of the molecule is COC(=O)C1(c2nnc3c(Cl)cc(C(F)(F)F)cn23)CC1. The molecule has 9 heteroatoms. The first kappa shape index (κ1) is 14.1. The number of rotatable bonds is 2. The fraction of sp³-hybridized carbons (Fsp3) is 0.417. The zero-order valence-corrected chi connectivity index (χ0v) is 11.5. The number of hydrogen-bond donors (Lipinski definition) is 0. The molecule has 0 radical (unpaired) electrons. The van der Waals surface area contributed by atoms with Gasteiger partial charge in [0.15, 0.2) is 11.5 Å². The summed E-state index contributed by atoms with van der Waals surface area (Å²) in [5.41, 5.74) is -1.88. The van der Waals surface area contributed by atoms with Gasteiger partial charge in [0, 0.05) is 6.20 Å². The molecule has 2 aromatic heterocycles. The summed E-state index contributed by atoms with van der Waals surface area (Å²) in [5.74, 6) is -0.414. The average molecular weight is 320 g/mol. The molecule has 1 saturated carbocycles. The van der Waals surface area contributed by atoms with Crippen LogP contribution < -0.4 is 0 Å². The number of fused-ring (bicyclic) bond motifs is 1. The molecule has 0 aliphatic heterocycles. The fourth-order valence-corrected chi connectivity index (χ4v) is 2.52. The Balaban J connectivity index is 2.22. The molecule has 0 unspecified atom stereocenters. The molecule has 0 saturated heterocycles. The zero-order valence-electron chi connectivity index (χ0n) is 10.7. The molecule has 5 nitrogen and oxygen atoms in total. The first-order valence-electron chi connectivity index (χ1n) is 6.00. The van der Waals surface area contributed by atoms with E-state index in [4.69, 9.17) is 16.3 Å². The molecule has 2 aromatic rings. The van der Waals surface area contributed by atoms with Crippen molar-refractivity contribution in [2.45, 2.75) is 24.4 Å². The van der Waals surface area contributed by atoms with Gasteiger partial charge in [-0.1, -0.05) is 11.6 Å². The van der Waals surface area contributed by atoms with Crippen molar-refractivity contribution in [3.8, 4) is 0 Å². The number of halogens is 4. The number of hydrogen-bond acceptors (Lipinski definition) is 4.